The Morgan fingerprint density at radius 1 is 1.21 bits per heavy atom. The molecule has 0 aliphatic carbocycles. The van der Waals surface area contributed by atoms with E-state index < -0.39 is 5.91 Å². The van der Waals surface area contributed by atoms with Crippen molar-refractivity contribution in [3.05, 3.63) is 88.0 Å². The predicted octanol–water partition coefficient (Wildman–Crippen LogP) is 3.19. The van der Waals surface area contributed by atoms with E-state index in [1.165, 1.54) is 29.0 Å². The van der Waals surface area contributed by atoms with E-state index in [-0.39, 0.29) is 29.4 Å². The maximum Gasteiger partial charge on any atom is 0.291 e. The fourth-order valence-corrected chi connectivity index (χ4v) is 2.33. The van der Waals surface area contributed by atoms with Crippen molar-refractivity contribution in [3.8, 4) is 0 Å². The van der Waals surface area contributed by atoms with Crippen molar-refractivity contribution >= 4 is 11.6 Å². The number of aryl methyl sites for hydroxylation is 1. The molecule has 2 aromatic heterocycles. The number of benzene rings is 1. The molecule has 0 aliphatic heterocycles. The number of nitrogens with zero attached hydrogens (tertiary/aromatic N) is 1. The summed E-state index contributed by atoms with van der Waals surface area (Å²) < 4.78 is 19.5. The maximum absolute atomic E-state index is 13.0. The summed E-state index contributed by atoms with van der Waals surface area (Å²) in [5.74, 6) is -0.640. The molecule has 122 valence electrons. The van der Waals surface area contributed by atoms with Crippen LogP contribution in [-0.4, -0.2) is 10.5 Å². The molecule has 0 aliphatic rings. The van der Waals surface area contributed by atoms with Crippen molar-refractivity contribution in [1.82, 2.24) is 4.57 Å². The normalized spacial score (nSPS) is 10.6. The first kappa shape index (κ1) is 15.7. The number of furan rings is 1. The molecule has 1 aromatic carbocycles. The van der Waals surface area contributed by atoms with Crippen molar-refractivity contribution in [3.63, 3.8) is 0 Å². The molecule has 0 saturated carbocycles. The lowest BCUT2D eigenvalue weighted by molar-refractivity contribution is 0.0995. The highest BCUT2D eigenvalue weighted by Gasteiger charge is 2.14. The van der Waals surface area contributed by atoms with Crippen LogP contribution in [0, 0.1) is 12.7 Å². The summed E-state index contributed by atoms with van der Waals surface area (Å²) in [5, 5.41) is 2.56. The lowest BCUT2D eigenvalue weighted by Crippen LogP contribution is -2.25. The summed E-state index contributed by atoms with van der Waals surface area (Å²) >= 11 is 0. The van der Waals surface area contributed by atoms with Crippen LogP contribution in [0.1, 0.15) is 21.7 Å². The van der Waals surface area contributed by atoms with Gasteiger partial charge in [-0.05, 0) is 42.8 Å². The molecule has 3 rings (SSSR count). The van der Waals surface area contributed by atoms with Crippen LogP contribution in [0.3, 0.4) is 0 Å². The highest BCUT2D eigenvalue weighted by molar-refractivity contribution is 6.03. The van der Waals surface area contributed by atoms with Gasteiger partial charge >= 0.3 is 0 Å². The SMILES string of the molecule is Cc1ccoc1C(=O)Nc1cccn(Cc2ccc(F)cc2)c1=O. The minimum absolute atomic E-state index is 0.153. The van der Waals surface area contributed by atoms with E-state index in [1.807, 2.05) is 0 Å². The zero-order chi connectivity index (χ0) is 17.1. The summed E-state index contributed by atoms with van der Waals surface area (Å²) in [5.41, 5.74) is 1.28. The lowest BCUT2D eigenvalue weighted by Gasteiger charge is -2.09. The average Bonchev–Trinajstić information content (AvgIpc) is 2.99. The van der Waals surface area contributed by atoms with Gasteiger partial charge in [0.2, 0.25) is 0 Å². The Balaban J connectivity index is 1.83. The fourth-order valence-electron chi connectivity index (χ4n) is 2.33. The number of hydrogen-bond donors (Lipinski definition) is 1. The Bertz CT molecular complexity index is 926. The third-order valence-corrected chi connectivity index (χ3v) is 3.60. The molecule has 5 nitrogen and oxygen atoms in total. The van der Waals surface area contributed by atoms with Crippen molar-refractivity contribution in [2.24, 2.45) is 0 Å². The number of halogens is 1. The van der Waals surface area contributed by atoms with Gasteiger partial charge in [0.05, 0.1) is 12.8 Å². The van der Waals surface area contributed by atoms with Crippen molar-refractivity contribution in [2.75, 3.05) is 5.32 Å². The molecule has 2 heterocycles. The van der Waals surface area contributed by atoms with Crippen molar-refractivity contribution in [1.29, 1.82) is 0 Å². The van der Waals surface area contributed by atoms with E-state index >= 15 is 0 Å². The topological polar surface area (TPSA) is 64.2 Å². The van der Waals surface area contributed by atoms with Crippen molar-refractivity contribution < 1.29 is 13.6 Å². The van der Waals surface area contributed by atoms with Crippen LogP contribution in [0.2, 0.25) is 0 Å². The number of nitrogens with one attached hydrogen (secondary N) is 1. The molecule has 24 heavy (non-hydrogen) atoms. The molecule has 0 saturated heterocycles. The Morgan fingerprint density at radius 3 is 2.62 bits per heavy atom. The highest BCUT2D eigenvalue weighted by atomic mass is 19.1. The number of carbonyl (C=O) groups excluding carboxylic acids is 1. The van der Waals surface area contributed by atoms with E-state index in [2.05, 4.69) is 5.32 Å². The van der Waals surface area contributed by atoms with E-state index in [0.717, 1.165) is 5.56 Å². The summed E-state index contributed by atoms with van der Waals surface area (Å²) in [7, 11) is 0. The zero-order valence-corrected chi connectivity index (χ0v) is 13.0. The Hall–Kier alpha value is -3.15. The third-order valence-electron chi connectivity index (χ3n) is 3.60. The van der Waals surface area contributed by atoms with Crippen LogP contribution in [0.15, 0.2) is 64.1 Å². The molecule has 0 spiro atoms. The molecule has 0 radical (unpaired) electrons. The Morgan fingerprint density at radius 2 is 1.96 bits per heavy atom. The van der Waals surface area contributed by atoms with Gasteiger partial charge in [-0.25, -0.2) is 4.39 Å². The van der Waals surface area contributed by atoms with Gasteiger partial charge in [0, 0.05) is 11.8 Å². The van der Waals surface area contributed by atoms with Gasteiger partial charge in [-0.15, -0.1) is 0 Å². The van der Waals surface area contributed by atoms with Crippen molar-refractivity contribution in [2.45, 2.75) is 13.5 Å². The Kier molecular flexibility index (Phi) is 4.29. The molecule has 0 unspecified atom stereocenters. The van der Waals surface area contributed by atoms with E-state index in [9.17, 15) is 14.0 Å². The van der Waals surface area contributed by atoms with Crippen LogP contribution in [0.5, 0.6) is 0 Å². The molecule has 6 heteroatoms. The molecular formula is C18H15FN2O3. The van der Waals surface area contributed by atoms with Gasteiger partial charge in [0.15, 0.2) is 5.76 Å². The number of pyridine rings is 1. The predicted molar refractivity (Wildman–Crippen MR) is 87.6 cm³/mol. The third kappa shape index (κ3) is 3.27. The second-order valence-corrected chi connectivity index (χ2v) is 5.37. The molecule has 3 aromatic rings. The quantitative estimate of drug-likeness (QED) is 0.801. The molecular weight excluding hydrogens is 311 g/mol. The first-order valence-electron chi connectivity index (χ1n) is 7.34. The first-order valence-corrected chi connectivity index (χ1v) is 7.34. The maximum atomic E-state index is 13.0. The van der Waals surface area contributed by atoms with Crippen LogP contribution in [0.4, 0.5) is 10.1 Å². The number of hydrogen-bond acceptors (Lipinski definition) is 3. The zero-order valence-electron chi connectivity index (χ0n) is 13.0. The summed E-state index contributed by atoms with van der Waals surface area (Å²) in [6.45, 7) is 2.03. The minimum atomic E-state index is -0.478. The minimum Gasteiger partial charge on any atom is -0.459 e. The van der Waals surface area contributed by atoms with Crippen LogP contribution < -0.4 is 10.9 Å². The lowest BCUT2D eigenvalue weighted by atomic mass is 10.2. The van der Waals surface area contributed by atoms with Crippen LogP contribution in [0.25, 0.3) is 0 Å². The largest absolute Gasteiger partial charge is 0.459 e. The standard InChI is InChI=1S/C18H15FN2O3/c1-12-8-10-24-16(12)17(22)20-15-3-2-9-21(18(15)23)11-13-4-6-14(19)7-5-13/h2-10H,11H2,1H3,(H,20,22). The monoisotopic (exact) mass is 326 g/mol. The smallest absolute Gasteiger partial charge is 0.291 e. The number of carbonyl (C=O) groups is 1. The molecule has 1 N–H and O–H groups in total. The Labute approximate surface area is 137 Å². The van der Waals surface area contributed by atoms with Gasteiger partial charge in [0.1, 0.15) is 11.5 Å². The summed E-state index contributed by atoms with van der Waals surface area (Å²) in [6, 6.07) is 10.8. The second-order valence-electron chi connectivity index (χ2n) is 5.37. The molecule has 0 atom stereocenters. The van der Waals surface area contributed by atoms with Gasteiger partial charge in [0.25, 0.3) is 11.5 Å². The summed E-state index contributed by atoms with van der Waals surface area (Å²) in [6.07, 6.45) is 3.03. The van der Waals surface area contributed by atoms with E-state index in [4.69, 9.17) is 4.42 Å². The van der Waals surface area contributed by atoms with E-state index in [0.29, 0.717) is 5.56 Å². The highest BCUT2D eigenvalue weighted by Crippen LogP contribution is 2.11. The van der Waals surface area contributed by atoms with Crippen LogP contribution in [-0.2, 0) is 6.54 Å². The average molecular weight is 326 g/mol. The van der Waals surface area contributed by atoms with Gasteiger partial charge in [-0.3, -0.25) is 9.59 Å². The van der Waals surface area contributed by atoms with Gasteiger partial charge in [-0.2, -0.15) is 0 Å². The second kappa shape index (κ2) is 6.54. The number of rotatable bonds is 4. The van der Waals surface area contributed by atoms with Crippen LogP contribution >= 0.6 is 0 Å². The van der Waals surface area contributed by atoms with E-state index in [1.54, 1.807) is 37.4 Å². The molecule has 1 amide bonds. The first-order chi connectivity index (χ1) is 11.5. The number of anilines is 1. The summed E-state index contributed by atoms with van der Waals surface area (Å²) in [4.78, 5) is 24.6. The molecule has 0 bridgehead atoms. The fraction of sp³-hybridized carbons (Fsp3) is 0.111. The number of amides is 1. The molecule has 0 fully saturated rings. The number of aromatic nitrogens is 1. The van der Waals surface area contributed by atoms with Gasteiger partial charge in [-0.1, -0.05) is 12.1 Å². The van der Waals surface area contributed by atoms with Gasteiger partial charge < -0.3 is 14.3 Å².